The molecule has 0 aromatic heterocycles. The molecule has 5 nitrogen and oxygen atoms in total. The molecule has 29 heavy (non-hydrogen) atoms. The molecule has 0 amide bonds. The third-order valence-corrected chi connectivity index (χ3v) is 4.87. The highest BCUT2D eigenvalue weighted by Crippen LogP contribution is 2.33. The Balaban J connectivity index is 1.55. The van der Waals surface area contributed by atoms with Gasteiger partial charge < -0.3 is 14.2 Å². The number of fused-ring (bicyclic) bond motifs is 1. The third kappa shape index (κ3) is 3.92. The summed E-state index contributed by atoms with van der Waals surface area (Å²) in [5, 5.41) is 2.10. The zero-order chi connectivity index (χ0) is 20.4. The molecule has 148 valence electrons. The summed E-state index contributed by atoms with van der Waals surface area (Å²) in [6.07, 6.45) is -0.534. The van der Waals surface area contributed by atoms with Crippen molar-refractivity contribution in [2.75, 3.05) is 0 Å². The van der Waals surface area contributed by atoms with Crippen LogP contribution in [-0.4, -0.2) is 17.7 Å². The first-order chi connectivity index (χ1) is 13.9. The van der Waals surface area contributed by atoms with Gasteiger partial charge in [-0.3, -0.25) is 4.79 Å². The van der Waals surface area contributed by atoms with E-state index in [4.69, 9.17) is 14.2 Å². The molecule has 1 fully saturated rings. The van der Waals surface area contributed by atoms with Gasteiger partial charge in [0.1, 0.15) is 17.7 Å². The van der Waals surface area contributed by atoms with E-state index in [9.17, 15) is 14.0 Å². The minimum absolute atomic E-state index is 0.0203. The van der Waals surface area contributed by atoms with Crippen molar-refractivity contribution in [2.45, 2.75) is 31.7 Å². The van der Waals surface area contributed by atoms with E-state index >= 15 is 0 Å². The average Bonchev–Trinajstić information content (AvgIpc) is 3.11. The maximum Gasteiger partial charge on any atom is 0.393 e. The topological polar surface area (TPSA) is 61.8 Å². The molecule has 6 heteroatoms. The molecule has 4 rings (SSSR count). The summed E-state index contributed by atoms with van der Waals surface area (Å²) in [5.74, 6) is -3.46. The maximum atomic E-state index is 13.2. The summed E-state index contributed by atoms with van der Waals surface area (Å²) in [4.78, 5) is 24.7. The molecule has 0 N–H and O–H groups in total. The van der Waals surface area contributed by atoms with E-state index in [1.807, 2.05) is 42.5 Å². The molecule has 1 unspecified atom stereocenters. The van der Waals surface area contributed by atoms with Crippen molar-refractivity contribution in [1.82, 2.24) is 0 Å². The second-order valence-corrected chi connectivity index (χ2v) is 6.94. The van der Waals surface area contributed by atoms with E-state index in [-0.39, 0.29) is 18.6 Å². The molecule has 3 aromatic rings. The van der Waals surface area contributed by atoms with Crippen molar-refractivity contribution in [3.63, 3.8) is 0 Å². The first-order valence-corrected chi connectivity index (χ1v) is 9.31. The van der Waals surface area contributed by atoms with Crippen molar-refractivity contribution < 1.29 is 28.2 Å². The highest BCUT2D eigenvalue weighted by molar-refractivity contribution is 5.86. The Labute approximate surface area is 167 Å². The van der Waals surface area contributed by atoms with Crippen LogP contribution in [0.1, 0.15) is 31.4 Å². The second-order valence-electron chi connectivity index (χ2n) is 6.94. The third-order valence-electron chi connectivity index (χ3n) is 4.87. The Morgan fingerprint density at radius 3 is 2.48 bits per heavy atom. The van der Waals surface area contributed by atoms with Crippen LogP contribution in [-0.2, 0) is 19.1 Å². The lowest BCUT2D eigenvalue weighted by atomic mass is 10.0. The molecule has 0 aliphatic carbocycles. The average molecular weight is 394 g/mol. The number of hydrogen-bond acceptors (Lipinski definition) is 5. The van der Waals surface area contributed by atoms with Crippen LogP contribution in [0.3, 0.4) is 0 Å². The van der Waals surface area contributed by atoms with Crippen LogP contribution in [0.4, 0.5) is 4.39 Å². The molecule has 3 aromatic carbocycles. The van der Waals surface area contributed by atoms with Gasteiger partial charge in [-0.2, -0.15) is 0 Å². The molecule has 1 heterocycles. The highest BCUT2D eigenvalue weighted by Gasteiger charge is 2.52. The zero-order valence-electron chi connectivity index (χ0n) is 15.8. The number of cyclic esters (lactones) is 1. The lowest BCUT2D eigenvalue weighted by Crippen LogP contribution is -2.46. The standard InChI is InChI=1S/C23H19FO5/c1-15(17-7-6-16-4-2-3-5-18(16)14-17)27-22(26)23(13-12-21(25)29-23)28-20-10-8-19(24)9-11-20/h2-11,14-15H,12-13H2,1H3/t15?,23-/m0/s1. The van der Waals surface area contributed by atoms with E-state index in [0.717, 1.165) is 16.3 Å². The molecular formula is C23H19FO5. The monoisotopic (exact) mass is 394 g/mol. The summed E-state index contributed by atoms with van der Waals surface area (Å²) < 4.78 is 29.7. The van der Waals surface area contributed by atoms with Crippen LogP contribution in [0, 0.1) is 5.82 Å². The summed E-state index contributed by atoms with van der Waals surface area (Å²) >= 11 is 0. The van der Waals surface area contributed by atoms with Gasteiger partial charge in [0.2, 0.25) is 0 Å². The predicted molar refractivity (Wildman–Crippen MR) is 104 cm³/mol. The van der Waals surface area contributed by atoms with Crippen LogP contribution in [0.2, 0.25) is 0 Å². The lowest BCUT2D eigenvalue weighted by Gasteiger charge is -2.27. The quantitative estimate of drug-likeness (QED) is 0.587. The van der Waals surface area contributed by atoms with Gasteiger partial charge in [0.15, 0.2) is 0 Å². The van der Waals surface area contributed by atoms with Gasteiger partial charge in [0.25, 0.3) is 0 Å². The summed E-state index contributed by atoms with van der Waals surface area (Å²) in [7, 11) is 0. The van der Waals surface area contributed by atoms with Crippen molar-refractivity contribution in [3.8, 4) is 5.75 Å². The minimum atomic E-state index is -1.87. The molecule has 0 saturated carbocycles. The van der Waals surface area contributed by atoms with Crippen molar-refractivity contribution in [1.29, 1.82) is 0 Å². The molecule has 0 radical (unpaired) electrons. The van der Waals surface area contributed by atoms with Gasteiger partial charge in [-0.15, -0.1) is 0 Å². The van der Waals surface area contributed by atoms with E-state index in [2.05, 4.69) is 0 Å². The Hall–Kier alpha value is -3.41. The van der Waals surface area contributed by atoms with Gasteiger partial charge in [-0.1, -0.05) is 36.4 Å². The van der Waals surface area contributed by atoms with Crippen molar-refractivity contribution >= 4 is 22.7 Å². The molecule has 1 aliphatic rings. The van der Waals surface area contributed by atoms with Gasteiger partial charge in [0, 0.05) is 6.42 Å². The van der Waals surface area contributed by atoms with Crippen LogP contribution >= 0.6 is 0 Å². The van der Waals surface area contributed by atoms with Gasteiger partial charge in [-0.25, -0.2) is 9.18 Å². The van der Waals surface area contributed by atoms with E-state index < -0.39 is 29.6 Å². The van der Waals surface area contributed by atoms with Gasteiger partial charge in [-0.05, 0) is 53.6 Å². The summed E-state index contributed by atoms with van der Waals surface area (Å²) in [6, 6.07) is 18.8. The normalized spacial score (nSPS) is 19.6. The van der Waals surface area contributed by atoms with Crippen molar-refractivity contribution in [3.05, 3.63) is 78.1 Å². The molecule has 2 atom stereocenters. The molecule has 1 saturated heterocycles. The second kappa shape index (κ2) is 7.54. The Bertz CT molecular complexity index is 1060. The van der Waals surface area contributed by atoms with E-state index in [1.165, 1.54) is 24.3 Å². The summed E-state index contributed by atoms with van der Waals surface area (Å²) in [6.45, 7) is 1.74. The SMILES string of the molecule is CC(OC(=O)[C@]1(Oc2ccc(F)cc2)CCC(=O)O1)c1ccc2ccccc2c1. The Kier molecular flexibility index (Phi) is 4.92. The van der Waals surface area contributed by atoms with Crippen LogP contribution in [0.25, 0.3) is 10.8 Å². The van der Waals surface area contributed by atoms with E-state index in [1.54, 1.807) is 6.92 Å². The fourth-order valence-electron chi connectivity index (χ4n) is 3.28. The van der Waals surface area contributed by atoms with Gasteiger partial charge in [0.05, 0.1) is 6.42 Å². The molecule has 0 bridgehead atoms. The van der Waals surface area contributed by atoms with Crippen molar-refractivity contribution in [2.24, 2.45) is 0 Å². The van der Waals surface area contributed by atoms with Crippen LogP contribution in [0.5, 0.6) is 5.75 Å². The zero-order valence-corrected chi connectivity index (χ0v) is 15.8. The van der Waals surface area contributed by atoms with Gasteiger partial charge >= 0.3 is 17.7 Å². The van der Waals surface area contributed by atoms with Crippen LogP contribution in [0.15, 0.2) is 66.7 Å². The minimum Gasteiger partial charge on any atom is -0.452 e. The molecule has 0 spiro atoms. The number of esters is 2. The smallest absolute Gasteiger partial charge is 0.393 e. The fraction of sp³-hybridized carbons (Fsp3) is 0.217. The molecule has 1 aliphatic heterocycles. The largest absolute Gasteiger partial charge is 0.452 e. The first-order valence-electron chi connectivity index (χ1n) is 9.31. The first kappa shape index (κ1) is 18.9. The molecular weight excluding hydrogens is 375 g/mol. The Morgan fingerprint density at radius 1 is 1.07 bits per heavy atom. The number of carbonyl (C=O) groups is 2. The highest BCUT2D eigenvalue weighted by atomic mass is 19.1. The fourth-order valence-corrected chi connectivity index (χ4v) is 3.28. The number of benzene rings is 3. The predicted octanol–water partition coefficient (Wildman–Crippen LogP) is 4.70. The van der Waals surface area contributed by atoms with E-state index in [0.29, 0.717) is 0 Å². The lowest BCUT2D eigenvalue weighted by molar-refractivity contribution is -0.210. The number of hydrogen-bond donors (Lipinski definition) is 0. The number of rotatable bonds is 5. The number of halogens is 1. The maximum absolute atomic E-state index is 13.2. The number of carbonyl (C=O) groups excluding carboxylic acids is 2. The number of ether oxygens (including phenoxy) is 3. The summed E-state index contributed by atoms with van der Waals surface area (Å²) in [5.41, 5.74) is 0.804. The van der Waals surface area contributed by atoms with Crippen LogP contribution < -0.4 is 4.74 Å². The Morgan fingerprint density at radius 2 is 1.79 bits per heavy atom.